The van der Waals surface area contributed by atoms with Crippen molar-refractivity contribution in [2.45, 2.75) is 39.9 Å². The molecule has 0 bridgehead atoms. The first-order chi connectivity index (χ1) is 9.96. The van der Waals surface area contributed by atoms with Gasteiger partial charge < -0.3 is 14.2 Å². The monoisotopic (exact) mass is 294 g/mol. The molecule has 1 aromatic rings. The normalized spacial score (nSPS) is 10.1. The standard InChI is InChI=1S/C15H18O6/c1-4-13(17)20-15(21-14(18)5-2)11-6-8-12(9-7-11)19-10(3)16/h6-9,15H,4-5H2,1-3H3. The maximum atomic E-state index is 11.4. The minimum atomic E-state index is -1.10. The number of ether oxygens (including phenoxy) is 3. The van der Waals surface area contributed by atoms with Gasteiger partial charge in [0.25, 0.3) is 6.29 Å². The van der Waals surface area contributed by atoms with Crippen molar-refractivity contribution in [2.24, 2.45) is 0 Å². The third-order valence-corrected chi connectivity index (χ3v) is 2.47. The lowest BCUT2D eigenvalue weighted by atomic mass is 10.2. The predicted molar refractivity (Wildman–Crippen MR) is 73.3 cm³/mol. The van der Waals surface area contributed by atoms with Crippen LogP contribution in [0, 0.1) is 0 Å². The van der Waals surface area contributed by atoms with Crippen molar-refractivity contribution < 1.29 is 28.6 Å². The molecule has 0 unspecified atom stereocenters. The van der Waals surface area contributed by atoms with Crippen molar-refractivity contribution in [1.82, 2.24) is 0 Å². The third kappa shape index (κ3) is 5.64. The first-order valence-corrected chi connectivity index (χ1v) is 6.63. The summed E-state index contributed by atoms with van der Waals surface area (Å²) in [5.41, 5.74) is 0.481. The lowest BCUT2D eigenvalue weighted by molar-refractivity contribution is -0.189. The molecule has 6 nitrogen and oxygen atoms in total. The van der Waals surface area contributed by atoms with Crippen LogP contribution in [0.1, 0.15) is 45.5 Å². The summed E-state index contributed by atoms with van der Waals surface area (Å²) in [5.74, 6) is -1.04. The van der Waals surface area contributed by atoms with Crippen LogP contribution in [-0.2, 0) is 23.9 Å². The van der Waals surface area contributed by atoms with Gasteiger partial charge in [-0.25, -0.2) is 0 Å². The van der Waals surface area contributed by atoms with Gasteiger partial charge in [0.15, 0.2) is 0 Å². The first kappa shape index (κ1) is 16.7. The van der Waals surface area contributed by atoms with Crippen molar-refractivity contribution >= 4 is 17.9 Å². The molecule has 114 valence electrons. The zero-order chi connectivity index (χ0) is 15.8. The second-order valence-electron chi connectivity index (χ2n) is 4.18. The Balaban J connectivity index is 2.88. The highest BCUT2D eigenvalue weighted by atomic mass is 16.7. The highest BCUT2D eigenvalue weighted by Crippen LogP contribution is 2.23. The number of rotatable bonds is 6. The van der Waals surface area contributed by atoms with E-state index in [4.69, 9.17) is 14.2 Å². The van der Waals surface area contributed by atoms with E-state index in [-0.39, 0.29) is 12.8 Å². The highest BCUT2D eigenvalue weighted by molar-refractivity contribution is 5.71. The molecular weight excluding hydrogens is 276 g/mol. The Bertz CT molecular complexity index is 487. The summed E-state index contributed by atoms with van der Waals surface area (Å²) in [5, 5.41) is 0. The van der Waals surface area contributed by atoms with Crippen LogP contribution in [0.25, 0.3) is 0 Å². The van der Waals surface area contributed by atoms with Gasteiger partial charge >= 0.3 is 17.9 Å². The van der Waals surface area contributed by atoms with E-state index in [2.05, 4.69) is 0 Å². The lowest BCUT2D eigenvalue weighted by Gasteiger charge is -2.18. The molecule has 0 fully saturated rings. The fourth-order valence-electron chi connectivity index (χ4n) is 1.42. The van der Waals surface area contributed by atoms with Gasteiger partial charge in [-0.2, -0.15) is 0 Å². The number of benzene rings is 1. The Kier molecular flexibility index (Phi) is 6.39. The SMILES string of the molecule is CCC(=O)OC(OC(=O)CC)c1ccc(OC(C)=O)cc1. The molecule has 0 heterocycles. The van der Waals surface area contributed by atoms with E-state index < -0.39 is 24.2 Å². The van der Waals surface area contributed by atoms with Crippen LogP contribution < -0.4 is 4.74 Å². The average Bonchev–Trinajstić information content (AvgIpc) is 2.46. The van der Waals surface area contributed by atoms with Gasteiger partial charge in [-0.15, -0.1) is 0 Å². The maximum absolute atomic E-state index is 11.4. The molecule has 1 aromatic carbocycles. The van der Waals surface area contributed by atoms with E-state index in [1.54, 1.807) is 26.0 Å². The van der Waals surface area contributed by atoms with E-state index >= 15 is 0 Å². The molecule has 0 radical (unpaired) electrons. The quantitative estimate of drug-likeness (QED) is 0.455. The maximum Gasteiger partial charge on any atom is 0.308 e. The molecule has 0 saturated carbocycles. The zero-order valence-electron chi connectivity index (χ0n) is 12.3. The Labute approximate surface area is 123 Å². The van der Waals surface area contributed by atoms with Crippen LogP contribution in [0.3, 0.4) is 0 Å². The molecule has 0 atom stereocenters. The molecule has 0 aliphatic rings. The van der Waals surface area contributed by atoms with Crippen LogP contribution in [0.2, 0.25) is 0 Å². The molecule has 0 aromatic heterocycles. The van der Waals surface area contributed by atoms with Crippen molar-refractivity contribution in [3.05, 3.63) is 29.8 Å². The Morgan fingerprint density at radius 2 is 1.43 bits per heavy atom. The minimum absolute atomic E-state index is 0.172. The summed E-state index contributed by atoms with van der Waals surface area (Å²) in [6.45, 7) is 4.58. The number of esters is 3. The van der Waals surface area contributed by atoms with Gasteiger partial charge in [0, 0.05) is 25.3 Å². The third-order valence-electron chi connectivity index (χ3n) is 2.47. The van der Waals surface area contributed by atoms with E-state index in [0.29, 0.717) is 11.3 Å². The van der Waals surface area contributed by atoms with Crippen LogP contribution in [0.15, 0.2) is 24.3 Å². The molecule has 0 aliphatic carbocycles. The van der Waals surface area contributed by atoms with Gasteiger partial charge in [0.1, 0.15) is 5.75 Å². The van der Waals surface area contributed by atoms with E-state index in [1.807, 2.05) is 0 Å². The van der Waals surface area contributed by atoms with Gasteiger partial charge in [-0.1, -0.05) is 13.8 Å². The number of hydrogen-bond donors (Lipinski definition) is 0. The van der Waals surface area contributed by atoms with Crippen LogP contribution in [0.5, 0.6) is 5.75 Å². The minimum Gasteiger partial charge on any atom is -0.427 e. The Hall–Kier alpha value is -2.37. The van der Waals surface area contributed by atoms with Crippen LogP contribution in [-0.4, -0.2) is 17.9 Å². The summed E-state index contributed by atoms with van der Waals surface area (Å²) in [6.07, 6.45) is -0.756. The smallest absolute Gasteiger partial charge is 0.308 e. The van der Waals surface area contributed by atoms with Crippen LogP contribution in [0.4, 0.5) is 0 Å². The second kappa shape index (κ2) is 8.04. The zero-order valence-corrected chi connectivity index (χ0v) is 12.3. The fourth-order valence-corrected chi connectivity index (χ4v) is 1.42. The summed E-state index contributed by atoms with van der Waals surface area (Å²) in [7, 11) is 0. The number of carbonyl (C=O) groups excluding carboxylic acids is 3. The number of hydrogen-bond acceptors (Lipinski definition) is 6. The van der Waals surface area contributed by atoms with Crippen molar-refractivity contribution in [3.63, 3.8) is 0 Å². The molecule has 0 saturated heterocycles. The van der Waals surface area contributed by atoms with Crippen molar-refractivity contribution in [3.8, 4) is 5.75 Å². The average molecular weight is 294 g/mol. The van der Waals surface area contributed by atoms with Gasteiger partial charge in [0.2, 0.25) is 0 Å². The Morgan fingerprint density at radius 1 is 0.952 bits per heavy atom. The van der Waals surface area contributed by atoms with Crippen molar-refractivity contribution in [2.75, 3.05) is 0 Å². The highest BCUT2D eigenvalue weighted by Gasteiger charge is 2.20. The summed E-state index contributed by atoms with van der Waals surface area (Å²) < 4.78 is 15.1. The molecule has 0 spiro atoms. The molecular formula is C15H18O6. The van der Waals surface area contributed by atoms with E-state index in [9.17, 15) is 14.4 Å². The summed E-state index contributed by atoms with van der Waals surface area (Å²) >= 11 is 0. The summed E-state index contributed by atoms with van der Waals surface area (Å²) in [4.78, 5) is 33.6. The first-order valence-electron chi connectivity index (χ1n) is 6.63. The van der Waals surface area contributed by atoms with Gasteiger partial charge in [0.05, 0.1) is 0 Å². The van der Waals surface area contributed by atoms with Gasteiger partial charge in [-0.05, 0) is 24.3 Å². The molecule has 0 amide bonds. The molecule has 6 heteroatoms. The molecule has 1 rings (SSSR count). The topological polar surface area (TPSA) is 78.9 Å². The second-order valence-corrected chi connectivity index (χ2v) is 4.18. The van der Waals surface area contributed by atoms with E-state index in [1.165, 1.54) is 19.1 Å². The van der Waals surface area contributed by atoms with Crippen molar-refractivity contribution in [1.29, 1.82) is 0 Å². The van der Waals surface area contributed by atoms with Gasteiger partial charge in [-0.3, -0.25) is 14.4 Å². The molecule has 0 N–H and O–H groups in total. The van der Waals surface area contributed by atoms with E-state index in [0.717, 1.165) is 0 Å². The molecule has 0 aliphatic heterocycles. The lowest BCUT2D eigenvalue weighted by Crippen LogP contribution is -2.17. The Morgan fingerprint density at radius 3 is 1.81 bits per heavy atom. The largest absolute Gasteiger partial charge is 0.427 e. The predicted octanol–water partition coefficient (Wildman–Crippen LogP) is 2.52. The van der Waals surface area contributed by atoms with Crippen LogP contribution >= 0.6 is 0 Å². The molecule has 21 heavy (non-hydrogen) atoms. The summed E-state index contributed by atoms with van der Waals surface area (Å²) in [6, 6.07) is 6.19. The number of carbonyl (C=O) groups is 3. The fraction of sp³-hybridized carbons (Fsp3) is 0.400.